The molecule has 0 spiro atoms. The molecule has 0 unspecified atom stereocenters. The Bertz CT molecular complexity index is 543. The Balaban J connectivity index is 2.23. The molecule has 0 fully saturated rings. The van der Waals surface area contributed by atoms with E-state index in [1.165, 1.54) is 4.80 Å². The van der Waals surface area contributed by atoms with Gasteiger partial charge >= 0.3 is 0 Å². The van der Waals surface area contributed by atoms with Crippen LogP contribution in [0.1, 0.15) is 0 Å². The van der Waals surface area contributed by atoms with E-state index in [0.717, 1.165) is 0 Å². The van der Waals surface area contributed by atoms with Crippen molar-refractivity contribution in [1.82, 2.24) is 15.0 Å². The van der Waals surface area contributed by atoms with E-state index < -0.39 is 10.1 Å². The predicted molar refractivity (Wildman–Crippen MR) is 53.9 cm³/mol. The van der Waals surface area contributed by atoms with Gasteiger partial charge in [0.25, 0.3) is 10.1 Å². The zero-order valence-corrected chi connectivity index (χ0v) is 8.55. The van der Waals surface area contributed by atoms with Gasteiger partial charge in [0.1, 0.15) is 11.0 Å². The van der Waals surface area contributed by atoms with E-state index >= 15 is 0 Å². The lowest BCUT2D eigenvalue weighted by Crippen LogP contribution is -2.13. The summed E-state index contributed by atoms with van der Waals surface area (Å²) in [6, 6.07) is 7.22. The van der Waals surface area contributed by atoms with Crippen LogP contribution in [0.5, 0.6) is 0 Å². The number of hydrogen-bond acceptors (Lipinski definition) is 4. The predicted octanol–water partition coefficient (Wildman–Crippen LogP) is 0.319. The maximum atomic E-state index is 10.5. The molecule has 0 saturated carbocycles. The van der Waals surface area contributed by atoms with Gasteiger partial charge in [-0.2, -0.15) is 23.4 Å². The fraction of sp³-hybridized carbons (Fsp3) is 0.250. The lowest BCUT2D eigenvalue weighted by atomic mass is 10.3. The monoisotopic (exact) mass is 227 g/mol. The molecule has 15 heavy (non-hydrogen) atoms. The normalized spacial score (nSPS) is 12.1. The lowest BCUT2D eigenvalue weighted by Gasteiger charge is -1.95. The van der Waals surface area contributed by atoms with Crippen LogP contribution in [0.15, 0.2) is 24.3 Å². The number of nitrogens with zero attached hydrogens (tertiary/aromatic N) is 3. The van der Waals surface area contributed by atoms with Crippen molar-refractivity contribution in [3.8, 4) is 0 Å². The first-order chi connectivity index (χ1) is 7.04. The van der Waals surface area contributed by atoms with E-state index in [1.54, 1.807) is 12.1 Å². The minimum absolute atomic E-state index is 0.0491. The second-order valence-corrected chi connectivity index (χ2v) is 4.64. The smallest absolute Gasteiger partial charge is 0.266 e. The van der Waals surface area contributed by atoms with Gasteiger partial charge in [0.2, 0.25) is 0 Å². The van der Waals surface area contributed by atoms with E-state index in [4.69, 9.17) is 4.55 Å². The van der Waals surface area contributed by atoms with Crippen LogP contribution >= 0.6 is 0 Å². The van der Waals surface area contributed by atoms with Crippen LogP contribution in [0.4, 0.5) is 0 Å². The van der Waals surface area contributed by atoms with Crippen LogP contribution in [0, 0.1) is 0 Å². The first kappa shape index (κ1) is 10.1. The molecule has 0 aliphatic rings. The standard InChI is InChI=1S/C8H9N3O3S/c12-15(13,14)6-5-11-9-7-3-1-2-4-8(7)10-11/h1-4H,5-6H2,(H,12,13,14). The van der Waals surface area contributed by atoms with Crippen LogP contribution in [0.3, 0.4) is 0 Å². The van der Waals surface area contributed by atoms with Crippen molar-refractivity contribution in [1.29, 1.82) is 0 Å². The summed E-state index contributed by atoms with van der Waals surface area (Å²) in [7, 11) is -3.96. The molecule has 2 aromatic rings. The van der Waals surface area contributed by atoms with Gasteiger partial charge in [-0.15, -0.1) is 0 Å². The number of aryl methyl sites for hydroxylation is 1. The second kappa shape index (κ2) is 3.59. The first-order valence-electron chi connectivity index (χ1n) is 4.30. The first-order valence-corrected chi connectivity index (χ1v) is 5.90. The van der Waals surface area contributed by atoms with Gasteiger partial charge < -0.3 is 0 Å². The Hall–Kier alpha value is -1.47. The maximum absolute atomic E-state index is 10.5. The SMILES string of the molecule is O=S(=O)(O)CCn1nc2ccccc2n1. The average Bonchev–Trinajstić information content (AvgIpc) is 2.56. The fourth-order valence-electron chi connectivity index (χ4n) is 1.20. The average molecular weight is 227 g/mol. The molecule has 0 aliphatic heterocycles. The number of benzene rings is 1. The molecule has 0 radical (unpaired) electrons. The molecule has 7 heteroatoms. The molecule has 6 nitrogen and oxygen atoms in total. The number of rotatable bonds is 3. The molecule has 0 bridgehead atoms. The van der Waals surface area contributed by atoms with Crippen LogP contribution < -0.4 is 0 Å². The van der Waals surface area contributed by atoms with Gasteiger partial charge in [-0.25, -0.2) is 0 Å². The van der Waals surface area contributed by atoms with E-state index in [9.17, 15) is 8.42 Å². The number of fused-ring (bicyclic) bond motifs is 1. The molecule has 0 atom stereocenters. The van der Waals surface area contributed by atoms with Crippen molar-refractivity contribution in [3.63, 3.8) is 0 Å². The minimum Gasteiger partial charge on any atom is -0.285 e. The summed E-state index contributed by atoms with van der Waals surface area (Å²) >= 11 is 0. The molecular formula is C8H9N3O3S. The molecule has 0 saturated heterocycles. The molecule has 1 aromatic carbocycles. The second-order valence-electron chi connectivity index (χ2n) is 3.07. The van der Waals surface area contributed by atoms with Crippen molar-refractivity contribution in [2.75, 3.05) is 5.75 Å². The minimum atomic E-state index is -3.96. The van der Waals surface area contributed by atoms with Crippen molar-refractivity contribution in [3.05, 3.63) is 24.3 Å². The van der Waals surface area contributed by atoms with E-state index in [1.807, 2.05) is 12.1 Å². The van der Waals surface area contributed by atoms with Crippen molar-refractivity contribution >= 4 is 21.2 Å². The largest absolute Gasteiger partial charge is 0.285 e. The zero-order chi connectivity index (χ0) is 10.9. The summed E-state index contributed by atoms with van der Waals surface area (Å²) in [4.78, 5) is 1.26. The summed E-state index contributed by atoms with van der Waals surface area (Å²) in [6.07, 6.45) is 0. The van der Waals surface area contributed by atoms with Gasteiger partial charge in [-0.1, -0.05) is 12.1 Å². The maximum Gasteiger partial charge on any atom is 0.266 e. The van der Waals surface area contributed by atoms with Crippen LogP contribution in [0.25, 0.3) is 11.0 Å². The topological polar surface area (TPSA) is 85.1 Å². The fourth-order valence-corrected chi connectivity index (χ4v) is 1.60. The molecule has 1 N–H and O–H groups in total. The molecule has 80 valence electrons. The Morgan fingerprint density at radius 1 is 1.20 bits per heavy atom. The summed E-state index contributed by atoms with van der Waals surface area (Å²) in [5.41, 5.74) is 1.40. The van der Waals surface area contributed by atoms with Gasteiger partial charge in [-0.05, 0) is 12.1 Å². The Morgan fingerprint density at radius 2 is 1.73 bits per heavy atom. The summed E-state index contributed by atoms with van der Waals surface area (Å²) in [5, 5.41) is 8.09. The summed E-state index contributed by atoms with van der Waals surface area (Å²) < 4.78 is 29.6. The molecule has 2 rings (SSSR count). The zero-order valence-electron chi connectivity index (χ0n) is 7.74. The molecular weight excluding hydrogens is 218 g/mol. The molecule has 0 aliphatic carbocycles. The number of aromatic nitrogens is 3. The molecule has 1 heterocycles. The Morgan fingerprint density at radius 3 is 2.20 bits per heavy atom. The third-order valence-electron chi connectivity index (χ3n) is 1.88. The van der Waals surface area contributed by atoms with Gasteiger partial charge in [0.15, 0.2) is 0 Å². The van der Waals surface area contributed by atoms with Crippen LogP contribution in [-0.2, 0) is 16.7 Å². The van der Waals surface area contributed by atoms with Gasteiger partial charge in [0, 0.05) is 0 Å². The van der Waals surface area contributed by atoms with Crippen molar-refractivity contribution < 1.29 is 13.0 Å². The Kier molecular flexibility index (Phi) is 2.41. The lowest BCUT2D eigenvalue weighted by molar-refractivity contribution is 0.470. The quantitative estimate of drug-likeness (QED) is 0.763. The van der Waals surface area contributed by atoms with E-state index in [-0.39, 0.29) is 12.3 Å². The van der Waals surface area contributed by atoms with Crippen LogP contribution in [-0.4, -0.2) is 33.7 Å². The molecule has 0 amide bonds. The summed E-state index contributed by atoms with van der Waals surface area (Å²) in [6.45, 7) is 0.0491. The van der Waals surface area contributed by atoms with Crippen molar-refractivity contribution in [2.45, 2.75) is 6.54 Å². The summed E-state index contributed by atoms with van der Waals surface area (Å²) in [5.74, 6) is -0.381. The highest BCUT2D eigenvalue weighted by molar-refractivity contribution is 7.85. The third kappa shape index (κ3) is 2.51. The highest BCUT2D eigenvalue weighted by Crippen LogP contribution is 2.06. The van der Waals surface area contributed by atoms with Crippen LogP contribution in [0.2, 0.25) is 0 Å². The van der Waals surface area contributed by atoms with Gasteiger partial charge in [-0.3, -0.25) is 4.55 Å². The Labute approximate surface area is 86.3 Å². The highest BCUT2D eigenvalue weighted by atomic mass is 32.2. The number of hydrogen-bond donors (Lipinski definition) is 1. The van der Waals surface area contributed by atoms with Crippen molar-refractivity contribution in [2.24, 2.45) is 0 Å². The van der Waals surface area contributed by atoms with Gasteiger partial charge in [0.05, 0.1) is 12.3 Å². The molecule has 1 aromatic heterocycles. The van der Waals surface area contributed by atoms with E-state index in [0.29, 0.717) is 11.0 Å². The van der Waals surface area contributed by atoms with E-state index in [2.05, 4.69) is 10.2 Å². The third-order valence-corrected chi connectivity index (χ3v) is 2.58. The highest BCUT2D eigenvalue weighted by Gasteiger charge is 2.07.